The van der Waals surface area contributed by atoms with E-state index in [-0.39, 0.29) is 11.9 Å². The number of aryl methyl sites for hydroxylation is 1. The van der Waals surface area contributed by atoms with Crippen molar-refractivity contribution in [1.29, 1.82) is 0 Å². The molecule has 2 aromatic rings. The number of nitrogen functional groups attached to an aromatic ring is 1. The summed E-state index contributed by atoms with van der Waals surface area (Å²) in [6, 6.07) is 13.2. The third kappa shape index (κ3) is 3.20. The molecular weight excluding hydrogens is 316 g/mol. The van der Waals surface area contributed by atoms with Gasteiger partial charge >= 0.3 is 0 Å². The molecule has 1 amide bonds. The second kappa shape index (κ2) is 6.09. The highest BCUT2D eigenvalue weighted by atomic mass is 79.9. The number of amides is 1. The number of rotatable bonds is 3. The van der Waals surface area contributed by atoms with Crippen LogP contribution < -0.4 is 11.1 Å². The molecule has 2 aromatic carbocycles. The van der Waals surface area contributed by atoms with E-state index in [4.69, 9.17) is 5.73 Å². The van der Waals surface area contributed by atoms with Gasteiger partial charge < -0.3 is 11.1 Å². The number of benzene rings is 2. The fourth-order valence-electron chi connectivity index (χ4n) is 2.05. The van der Waals surface area contributed by atoms with Gasteiger partial charge in [-0.1, -0.05) is 45.8 Å². The largest absolute Gasteiger partial charge is 0.398 e. The molecule has 0 bridgehead atoms. The molecule has 0 unspecified atom stereocenters. The third-order valence-electron chi connectivity index (χ3n) is 3.17. The number of anilines is 1. The van der Waals surface area contributed by atoms with Crippen LogP contribution in [0.2, 0.25) is 0 Å². The molecule has 0 aliphatic rings. The fraction of sp³-hybridized carbons (Fsp3) is 0.188. The molecule has 0 aliphatic carbocycles. The van der Waals surface area contributed by atoms with Crippen molar-refractivity contribution in [2.75, 3.05) is 5.73 Å². The molecule has 1 atom stereocenters. The maximum atomic E-state index is 12.3. The molecule has 20 heavy (non-hydrogen) atoms. The minimum atomic E-state index is -0.158. The first-order valence-electron chi connectivity index (χ1n) is 6.40. The first-order chi connectivity index (χ1) is 9.49. The van der Waals surface area contributed by atoms with Crippen molar-refractivity contribution >= 4 is 27.5 Å². The number of carbonyl (C=O) groups excluding carboxylic acids is 1. The van der Waals surface area contributed by atoms with Gasteiger partial charge in [0.05, 0.1) is 11.6 Å². The van der Waals surface area contributed by atoms with Gasteiger partial charge in [-0.05, 0) is 37.6 Å². The highest BCUT2D eigenvalue weighted by Gasteiger charge is 2.15. The van der Waals surface area contributed by atoms with E-state index in [9.17, 15) is 4.79 Å². The van der Waals surface area contributed by atoms with Gasteiger partial charge in [0.2, 0.25) is 0 Å². The van der Waals surface area contributed by atoms with Crippen molar-refractivity contribution in [2.45, 2.75) is 19.9 Å². The molecule has 0 saturated carbocycles. The van der Waals surface area contributed by atoms with Crippen molar-refractivity contribution in [3.8, 4) is 0 Å². The predicted molar refractivity (Wildman–Crippen MR) is 85.6 cm³/mol. The molecule has 3 nitrogen and oxygen atoms in total. The number of hydrogen-bond acceptors (Lipinski definition) is 2. The lowest BCUT2D eigenvalue weighted by molar-refractivity contribution is 0.0940. The maximum absolute atomic E-state index is 12.3. The standard InChI is InChI=1S/C16H17BrN2O/c1-10-7-8-15(18)13(9-10)16(20)19-11(2)12-5-3-4-6-14(12)17/h3-9,11H,18H2,1-2H3,(H,19,20)/t11-/m1/s1. The topological polar surface area (TPSA) is 55.1 Å². The van der Waals surface area contributed by atoms with Crippen LogP contribution >= 0.6 is 15.9 Å². The highest BCUT2D eigenvalue weighted by molar-refractivity contribution is 9.10. The summed E-state index contributed by atoms with van der Waals surface area (Å²) in [5.41, 5.74) is 8.92. The van der Waals surface area contributed by atoms with Crippen LogP contribution in [0.25, 0.3) is 0 Å². The summed E-state index contributed by atoms with van der Waals surface area (Å²) in [4.78, 5) is 12.3. The Kier molecular flexibility index (Phi) is 4.45. The minimum Gasteiger partial charge on any atom is -0.398 e. The van der Waals surface area contributed by atoms with Crippen LogP contribution in [0.15, 0.2) is 46.9 Å². The van der Waals surface area contributed by atoms with E-state index in [0.29, 0.717) is 11.3 Å². The quantitative estimate of drug-likeness (QED) is 0.839. The molecule has 0 fully saturated rings. The normalized spacial score (nSPS) is 11.9. The molecule has 0 spiro atoms. The van der Waals surface area contributed by atoms with Crippen molar-refractivity contribution in [3.63, 3.8) is 0 Å². The predicted octanol–water partition coefficient (Wildman–Crippen LogP) is 3.83. The van der Waals surface area contributed by atoms with Gasteiger partial charge in [0.15, 0.2) is 0 Å². The monoisotopic (exact) mass is 332 g/mol. The van der Waals surface area contributed by atoms with E-state index < -0.39 is 0 Å². The first-order valence-corrected chi connectivity index (χ1v) is 7.19. The van der Waals surface area contributed by atoms with E-state index in [1.54, 1.807) is 12.1 Å². The smallest absolute Gasteiger partial charge is 0.253 e. The Balaban J connectivity index is 2.20. The SMILES string of the molecule is Cc1ccc(N)c(C(=O)N[C@H](C)c2ccccc2Br)c1. The zero-order valence-electron chi connectivity index (χ0n) is 11.5. The zero-order valence-corrected chi connectivity index (χ0v) is 13.1. The minimum absolute atomic E-state index is 0.0991. The summed E-state index contributed by atoms with van der Waals surface area (Å²) in [5, 5.41) is 2.97. The number of nitrogens with two attached hydrogens (primary N) is 1. The number of halogens is 1. The molecule has 3 N–H and O–H groups in total. The average molecular weight is 333 g/mol. The Hall–Kier alpha value is -1.81. The van der Waals surface area contributed by atoms with Gasteiger partial charge in [-0.2, -0.15) is 0 Å². The number of carbonyl (C=O) groups is 1. The van der Waals surface area contributed by atoms with E-state index in [1.807, 2.05) is 44.2 Å². The second-order valence-electron chi connectivity index (χ2n) is 4.81. The van der Waals surface area contributed by atoms with Crippen LogP contribution in [-0.2, 0) is 0 Å². The Bertz CT molecular complexity index is 640. The van der Waals surface area contributed by atoms with Gasteiger partial charge in [0, 0.05) is 10.2 Å². The van der Waals surface area contributed by atoms with E-state index in [1.165, 1.54) is 0 Å². The zero-order chi connectivity index (χ0) is 14.7. The molecule has 104 valence electrons. The van der Waals surface area contributed by atoms with Gasteiger partial charge in [-0.15, -0.1) is 0 Å². The van der Waals surface area contributed by atoms with Crippen LogP contribution in [0.1, 0.15) is 34.5 Å². The van der Waals surface area contributed by atoms with Crippen LogP contribution in [0, 0.1) is 6.92 Å². The van der Waals surface area contributed by atoms with Crippen LogP contribution in [0.3, 0.4) is 0 Å². The summed E-state index contributed by atoms with van der Waals surface area (Å²) >= 11 is 3.49. The van der Waals surface area contributed by atoms with Crippen molar-refractivity contribution in [3.05, 3.63) is 63.6 Å². The lowest BCUT2D eigenvalue weighted by Crippen LogP contribution is -2.27. The van der Waals surface area contributed by atoms with E-state index in [0.717, 1.165) is 15.6 Å². The van der Waals surface area contributed by atoms with Crippen molar-refractivity contribution in [2.24, 2.45) is 0 Å². The lowest BCUT2D eigenvalue weighted by Gasteiger charge is -2.16. The molecular formula is C16H17BrN2O. The number of hydrogen-bond donors (Lipinski definition) is 2. The molecule has 0 aromatic heterocycles. The highest BCUT2D eigenvalue weighted by Crippen LogP contribution is 2.23. The van der Waals surface area contributed by atoms with E-state index >= 15 is 0 Å². The summed E-state index contributed by atoms with van der Waals surface area (Å²) < 4.78 is 0.977. The Morgan fingerprint density at radius 1 is 1.25 bits per heavy atom. The van der Waals surface area contributed by atoms with Crippen molar-refractivity contribution in [1.82, 2.24) is 5.32 Å². The first kappa shape index (κ1) is 14.6. The van der Waals surface area contributed by atoms with Crippen molar-refractivity contribution < 1.29 is 4.79 Å². The maximum Gasteiger partial charge on any atom is 0.253 e. The molecule has 0 radical (unpaired) electrons. The summed E-state index contributed by atoms with van der Waals surface area (Å²) in [6.45, 7) is 3.89. The summed E-state index contributed by atoms with van der Waals surface area (Å²) in [5.74, 6) is -0.158. The van der Waals surface area contributed by atoms with Gasteiger partial charge in [0.1, 0.15) is 0 Å². The van der Waals surface area contributed by atoms with Crippen LogP contribution in [-0.4, -0.2) is 5.91 Å². The van der Waals surface area contributed by atoms with Gasteiger partial charge in [0.25, 0.3) is 5.91 Å². The Morgan fingerprint density at radius 2 is 1.95 bits per heavy atom. The molecule has 0 saturated heterocycles. The molecule has 2 rings (SSSR count). The summed E-state index contributed by atoms with van der Waals surface area (Å²) in [7, 11) is 0. The number of nitrogens with one attached hydrogen (secondary N) is 1. The molecule has 4 heteroatoms. The fourth-order valence-corrected chi connectivity index (χ4v) is 2.67. The van der Waals surface area contributed by atoms with Gasteiger partial charge in [-0.25, -0.2) is 0 Å². The average Bonchev–Trinajstić information content (AvgIpc) is 2.41. The Morgan fingerprint density at radius 3 is 2.65 bits per heavy atom. The molecule has 0 aliphatic heterocycles. The molecule has 0 heterocycles. The van der Waals surface area contributed by atoms with E-state index in [2.05, 4.69) is 21.2 Å². The lowest BCUT2D eigenvalue weighted by atomic mass is 10.1. The third-order valence-corrected chi connectivity index (χ3v) is 3.89. The summed E-state index contributed by atoms with van der Waals surface area (Å²) in [6.07, 6.45) is 0. The van der Waals surface area contributed by atoms with Crippen LogP contribution in [0.5, 0.6) is 0 Å². The Labute approximate surface area is 127 Å². The van der Waals surface area contributed by atoms with Gasteiger partial charge in [-0.3, -0.25) is 4.79 Å². The van der Waals surface area contributed by atoms with Crippen LogP contribution in [0.4, 0.5) is 5.69 Å². The second-order valence-corrected chi connectivity index (χ2v) is 5.66.